The molecular weight excluding hydrogens is 188 g/mol. The molecule has 0 aromatic rings. The molecule has 0 radical (unpaired) electrons. The molecule has 0 saturated carbocycles. The van der Waals surface area contributed by atoms with Crippen molar-refractivity contribution >= 4 is 5.97 Å². The second-order valence-electron chi connectivity index (χ2n) is 4.82. The predicted molar refractivity (Wildman–Crippen MR) is 61.7 cm³/mol. The summed E-state index contributed by atoms with van der Waals surface area (Å²) >= 11 is 0. The van der Waals surface area contributed by atoms with Crippen LogP contribution in [0.3, 0.4) is 0 Å². The summed E-state index contributed by atoms with van der Waals surface area (Å²) in [4.78, 5) is 10.7. The molecule has 0 aromatic heterocycles. The van der Waals surface area contributed by atoms with Crippen LogP contribution in [0.25, 0.3) is 0 Å². The zero-order valence-corrected chi connectivity index (χ0v) is 9.83. The minimum Gasteiger partial charge on any atom is -0.481 e. The lowest BCUT2D eigenvalue weighted by atomic mass is 9.80. The van der Waals surface area contributed by atoms with Crippen molar-refractivity contribution in [3.8, 4) is 0 Å². The quantitative estimate of drug-likeness (QED) is 0.704. The van der Waals surface area contributed by atoms with E-state index in [4.69, 9.17) is 5.11 Å². The van der Waals surface area contributed by atoms with Crippen LogP contribution in [0.5, 0.6) is 0 Å². The van der Waals surface area contributed by atoms with Crippen LogP contribution in [-0.4, -0.2) is 11.1 Å². The topological polar surface area (TPSA) is 37.3 Å². The first-order valence-electron chi connectivity index (χ1n) is 6.03. The van der Waals surface area contributed by atoms with E-state index < -0.39 is 5.97 Å². The largest absolute Gasteiger partial charge is 0.481 e. The second-order valence-corrected chi connectivity index (χ2v) is 4.82. The van der Waals surface area contributed by atoms with Crippen LogP contribution in [-0.2, 0) is 4.79 Å². The smallest absolute Gasteiger partial charge is 0.307 e. The number of carboxylic acid groups (broad SMARTS) is 1. The highest BCUT2D eigenvalue weighted by molar-refractivity contribution is 5.70. The molecule has 0 aliphatic heterocycles. The molecule has 0 aromatic carbocycles. The molecule has 15 heavy (non-hydrogen) atoms. The van der Waals surface area contributed by atoms with Crippen molar-refractivity contribution in [2.75, 3.05) is 0 Å². The van der Waals surface area contributed by atoms with Gasteiger partial charge in [0.15, 0.2) is 0 Å². The van der Waals surface area contributed by atoms with Gasteiger partial charge in [0.2, 0.25) is 0 Å². The fourth-order valence-electron chi connectivity index (χ4n) is 2.56. The van der Waals surface area contributed by atoms with Crippen LogP contribution < -0.4 is 0 Å². The fraction of sp³-hybridized carbons (Fsp3) is 0.769. The van der Waals surface area contributed by atoms with Crippen LogP contribution in [0.2, 0.25) is 0 Å². The number of carboxylic acids is 1. The van der Waals surface area contributed by atoms with Gasteiger partial charge in [0, 0.05) is 0 Å². The molecule has 2 unspecified atom stereocenters. The Balaban J connectivity index is 2.47. The number of hydrogen-bond donors (Lipinski definition) is 1. The standard InChI is InChI=1S/C13H22O2/c1-3-4-5-11-6-10(2)7-12(8-11)9-13(14)15/h7,10-11H,3-6,8-9H2,1-2H3,(H,14,15). The molecule has 2 atom stereocenters. The molecule has 0 fully saturated rings. The van der Waals surface area contributed by atoms with Gasteiger partial charge in [0.25, 0.3) is 0 Å². The van der Waals surface area contributed by atoms with Crippen LogP contribution in [0, 0.1) is 11.8 Å². The van der Waals surface area contributed by atoms with E-state index in [0.29, 0.717) is 5.92 Å². The number of allylic oxidation sites excluding steroid dienone is 1. The summed E-state index contributed by atoms with van der Waals surface area (Å²) in [5, 5.41) is 8.77. The first-order chi connectivity index (χ1) is 7.11. The van der Waals surface area contributed by atoms with Crippen molar-refractivity contribution in [1.82, 2.24) is 0 Å². The molecule has 0 heterocycles. The maximum Gasteiger partial charge on any atom is 0.307 e. The lowest BCUT2D eigenvalue weighted by Gasteiger charge is -2.26. The van der Waals surface area contributed by atoms with Crippen molar-refractivity contribution in [3.05, 3.63) is 11.6 Å². The van der Waals surface area contributed by atoms with Crippen molar-refractivity contribution in [3.63, 3.8) is 0 Å². The van der Waals surface area contributed by atoms with Gasteiger partial charge in [0.05, 0.1) is 6.42 Å². The molecule has 1 aliphatic carbocycles. The lowest BCUT2D eigenvalue weighted by Crippen LogP contribution is -2.14. The molecular formula is C13H22O2. The Bertz CT molecular complexity index is 243. The van der Waals surface area contributed by atoms with Crippen molar-refractivity contribution in [1.29, 1.82) is 0 Å². The average molecular weight is 210 g/mol. The Kier molecular flexibility index (Phi) is 4.86. The Hall–Kier alpha value is -0.790. The van der Waals surface area contributed by atoms with E-state index in [-0.39, 0.29) is 6.42 Å². The monoisotopic (exact) mass is 210 g/mol. The van der Waals surface area contributed by atoms with Gasteiger partial charge >= 0.3 is 5.97 Å². The molecule has 0 amide bonds. The van der Waals surface area contributed by atoms with Gasteiger partial charge in [-0.15, -0.1) is 0 Å². The van der Waals surface area contributed by atoms with Gasteiger partial charge in [-0.3, -0.25) is 4.79 Å². The number of rotatable bonds is 5. The average Bonchev–Trinajstić information content (AvgIpc) is 2.12. The van der Waals surface area contributed by atoms with Gasteiger partial charge in [-0.05, 0) is 24.7 Å². The van der Waals surface area contributed by atoms with Crippen LogP contribution >= 0.6 is 0 Å². The highest BCUT2D eigenvalue weighted by Crippen LogP contribution is 2.32. The highest BCUT2D eigenvalue weighted by Gasteiger charge is 2.20. The molecule has 1 aliphatic rings. The normalized spacial score (nSPS) is 26.1. The first-order valence-corrected chi connectivity index (χ1v) is 6.03. The summed E-state index contributed by atoms with van der Waals surface area (Å²) in [7, 11) is 0. The van der Waals surface area contributed by atoms with E-state index >= 15 is 0 Å². The fourth-order valence-corrected chi connectivity index (χ4v) is 2.56. The molecule has 1 rings (SSSR count). The van der Waals surface area contributed by atoms with Crippen molar-refractivity contribution < 1.29 is 9.90 Å². The highest BCUT2D eigenvalue weighted by atomic mass is 16.4. The van der Waals surface area contributed by atoms with Gasteiger partial charge in [-0.25, -0.2) is 0 Å². The van der Waals surface area contributed by atoms with E-state index in [1.807, 2.05) is 0 Å². The third-order valence-corrected chi connectivity index (χ3v) is 3.12. The summed E-state index contributed by atoms with van der Waals surface area (Å²) in [6.45, 7) is 4.40. The Morgan fingerprint density at radius 2 is 2.33 bits per heavy atom. The van der Waals surface area contributed by atoms with Gasteiger partial charge < -0.3 is 5.11 Å². The van der Waals surface area contributed by atoms with E-state index in [2.05, 4.69) is 19.9 Å². The molecule has 0 spiro atoms. The van der Waals surface area contributed by atoms with Crippen LogP contribution in [0.4, 0.5) is 0 Å². The van der Waals surface area contributed by atoms with E-state index in [1.54, 1.807) is 0 Å². The van der Waals surface area contributed by atoms with Crippen LogP contribution in [0.1, 0.15) is 52.4 Å². The van der Waals surface area contributed by atoms with Crippen molar-refractivity contribution in [2.45, 2.75) is 52.4 Å². The molecule has 0 bridgehead atoms. The Labute approximate surface area is 92.4 Å². The molecule has 0 saturated heterocycles. The molecule has 2 nitrogen and oxygen atoms in total. The number of carbonyl (C=O) groups is 1. The lowest BCUT2D eigenvalue weighted by molar-refractivity contribution is -0.136. The zero-order valence-electron chi connectivity index (χ0n) is 9.83. The summed E-state index contributed by atoms with van der Waals surface area (Å²) in [6.07, 6.45) is 8.43. The summed E-state index contributed by atoms with van der Waals surface area (Å²) in [5.74, 6) is 0.596. The Morgan fingerprint density at radius 3 is 2.93 bits per heavy atom. The number of hydrogen-bond acceptors (Lipinski definition) is 1. The van der Waals surface area contributed by atoms with Gasteiger partial charge in [-0.1, -0.05) is 44.8 Å². The maximum atomic E-state index is 10.7. The Morgan fingerprint density at radius 1 is 1.60 bits per heavy atom. The molecule has 1 N–H and O–H groups in total. The van der Waals surface area contributed by atoms with Crippen molar-refractivity contribution in [2.24, 2.45) is 11.8 Å². The minimum atomic E-state index is -0.690. The maximum absolute atomic E-state index is 10.7. The van der Waals surface area contributed by atoms with E-state index in [0.717, 1.165) is 17.9 Å². The van der Waals surface area contributed by atoms with E-state index in [1.165, 1.54) is 25.7 Å². The number of unbranched alkanes of at least 4 members (excludes halogenated alkanes) is 1. The van der Waals surface area contributed by atoms with Gasteiger partial charge in [-0.2, -0.15) is 0 Å². The third kappa shape index (κ3) is 4.50. The predicted octanol–water partition coefficient (Wildman–Crippen LogP) is 3.62. The zero-order chi connectivity index (χ0) is 11.3. The third-order valence-electron chi connectivity index (χ3n) is 3.12. The summed E-state index contributed by atoms with van der Waals surface area (Å²) in [5.41, 5.74) is 1.14. The first kappa shape index (κ1) is 12.3. The van der Waals surface area contributed by atoms with E-state index in [9.17, 15) is 4.79 Å². The molecule has 2 heteroatoms. The van der Waals surface area contributed by atoms with Crippen LogP contribution in [0.15, 0.2) is 11.6 Å². The second kappa shape index (κ2) is 5.94. The number of aliphatic carboxylic acids is 1. The molecule has 86 valence electrons. The summed E-state index contributed by atoms with van der Waals surface area (Å²) < 4.78 is 0. The van der Waals surface area contributed by atoms with Gasteiger partial charge in [0.1, 0.15) is 0 Å². The minimum absolute atomic E-state index is 0.243. The SMILES string of the molecule is CCCCC1CC(CC(=O)O)=CC(C)C1. The summed E-state index contributed by atoms with van der Waals surface area (Å²) in [6, 6.07) is 0.